The van der Waals surface area contributed by atoms with E-state index in [0.717, 1.165) is 4.47 Å². The number of nitrogens with one attached hydrogen (secondary N) is 1. The van der Waals surface area contributed by atoms with Gasteiger partial charge in [-0.3, -0.25) is 4.79 Å². The van der Waals surface area contributed by atoms with Gasteiger partial charge < -0.3 is 9.73 Å². The van der Waals surface area contributed by atoms with E-state index in [-0.39, 0.29) is 11.7 Å². The van der Waals surface area contributed by atoms with Crippen LogP contribution in [0.4, 0.5) is 5.69 Å². The number of benzene rings is 2. The molecule has 1 amide bonds. The summed E-state index contributed by atoms with van der Waals surface area (Å²) in [6.07, 6.45) is 0. The smallest absolute Gasteiger partial charge is 0.291 e. The van der Waals surface area contributed by atoms with Crippen molar-refractivity contribution < 1.29 is 9.21 Å². The normalized spacial score (nSPS) is 10.6. The summed E-state index contributed by atoms with van der Waals surface area (Å²) in [6.45, 7) is 0. The molecule has 0 fully saturated rings. The predicted octanol–water partition coefficient (Wildman–Crippen LogP) is 6.27. The van der Waals surface area contributed by atoms with Gasteiger partial charge in [0.25, 0.3) is 5.91 Å². The highest BCUT2D eigenvalue weighted by molar-refractivity contribution is 9.10. The van der Waals surface area contributed by atoms with Gasteiger partial charge in [0.2, 0.25) is 0 Å². The first-order valence-corrected chi connectivity index (χ1v) is 8.21. The van der Waals surface area contributed by atoms with Crippen molar-refractivity contribution in [3.8, 4) is 11.3 Å². The molecule has 2 aromatic carbocycles. The van der Waals surface area contributed by atoms with Crippen LogP contribution in [0.3, 0.4) is 0 Å². The highest BCUT2D eigenvalue weighted by Crippen LogP contribution is 2.34. The maximum absolute atomic E-state index is 12.3. The SMILES string of the molecule is O=C(Nc1ccccc1Br)c1ccc(-c2cccc(Cl)c2Cl)o1. The number of hydrogen-bond acceptors (Lipinski definition) is 2. The molecule has 3 aromatic rings. The van der Waals surface area contributed by atoms with Crippen LogP contribution < -0.4 is 5.32 Å². The Kier molecular flexibility index (Phi) is 4.76. The van der Waals surface area contributed by atoms with E-state index < -0.39 is 0 Å². The van der Waals surface area contributed by atoms with Gasteiger partial charge in [-0.2, -0.15) is 0 Å². The lowest BCUT2D eigenvalue weighted by Crippen LogP contribution is -2.11. The summed E-state index contributed by atoms with van der Waals surface area (Å²) in [7, 11) is 0. The zero-order valence-electron chi connectivity index (χ0n) is 11.6. The second kappa shape index (κ2) is 6.79. The maximum atomic E-state index is 12.3. The van der Waals surface area contributed by atoms with Gasteiger partial charge in [0.05, 0.1) is 15.7 Å². The summed E-state index contributed by atoms with van der Waals surface area (Å²) in [5.74, 6) is 0.322. The summed E-state index contributed by atoms with van der Waals surface area (Å²) >= 11 is 15.5. The Morgan fingerprint density at radius 1 is 1.00 bits per heavy atom. The third kappa shape index (κ3) is 3.44. The third-order valence-corrected chi connectivity index (χ3v) is 4.68. The first-order chi connectivity index (χ1) is 11.1. The number of anilines is 1. The van der Waals surface area contributed by atoms with Crippen LogP contribution in [0, 0.1) is 0 Å². The van der Waals surface area contributed by atoms with E-state index in [2.05, 4.69) is 21.2 Å². The molecule has 3 rings (SSSR count). The Labute approximate surface area is 151 Å². The second-order valence-corrected chi connectivity index (χ2v) is 6.34. The van der Waals surface area contributed by atoms with E-state index in [4.69, 9.17) is 27.6 Å². The third-order valence-electron chi connectivity index (χ3n) is 3.17. The molecule has 3 nitrogen and oxygen atoms in total. The zero-order valence-corrected chi connectivity index (χ0v) is 14.7. The van der Waals surface area contributed by atoms with Gasteiger partial charge in [-0.15, -0.1) is 0 Å². The molecule has 0 aliphatic carbocycles. The van der Waals surface area contributed by atoms with Crippen molar-refractivity contribution in [3.05, 3.63) is 74.9 Å². The van der Waals surface area contributed by atoms with Crippen molar-refractivity contribution in [1.82, 2.24) is 0 Å². The predicted molar refractivity (Wildman–Crippen MR) is 96.3 cm³/mol. The molecule has 0 aliphatic heterocycles. The minimum Gasteiger partial charge on any atom is -0.451 e. The summed E-state index contributed by atoms with van der Waals surface area (Å²) in [4.78, 5) is 12.3. The zero-order chi connectivity index (χ0) is 16.4. The second-order valence-electron chi connectivity index (χ2n) is 4.70. The number of carbonyl (C=O) groups excluding carboxylic acids is 1. The number of hydrogen-bond donors (Lipinski definition) is 1. The van der Waals surface area contributed by atoms with Crippen molar-refractivity contribution in [2.45, 2.75) is 0 Å². The molecule has 0 saturated carbocycles. The number of amides is 1. The summed E-state index contributed by atoms with van der Waals surface area (Å²) in [6, 6.07) is 15.9. The van der Waals surface area contributed by atoms with Crippen LogP contribution >= 0.6 is 39.1 Å². The first-order valence-electron chi connectivity index (χ1n) is 6.66. The van der Waals surface area contributed by atoms with Crippen molar-refractivity contribution in [2.24, 2.45) is 0 Å². The molecule has 0 radical (unpaired) electrons. The topological polar surface area (TPSA) is 42.2 Å². The molecule has 0 bridgehead atoms. The molecule has 0 atom stereocenters. The van der Waals surface area contributed by atoms with Crippen molar-refractivity contribution in [3.63, 3.8) is 0 Å². The van der Waals surface area contributed by atoms with Gasteiger partial charge in [0.15, 0.2) is 5.76 Å². The molecule has 23 heavy (non-hydrogen) atoms. The average Bonchev–Trinajstić information content (AvgIpc) is 3.02. The van der Waals surface area contributed by atoms with Gasteiger partial charge in [-0.25, -0.2) is 0 Å². The molecule has 0 aliphatic rings. The van der Waals surface area contributed by atoms with Crippen molar-refractivity contribution >= 4 is 50.7 Å². The number of para-hydroxylation sites is 1. The quantitative estimate of drug-likeness (QED) is 0.552. The van der Waals surface area contributed by atoms with E-state index in [1.54, 1.807) is 36.4 Å². The standard InChI is InChI=1S/C17H10BrCl2NO2/c18-11-5-1-2-7-13(11)21-17(22)15-9-8-14(23-15)10-4-3-6-12(19)16(10)20/h1-9H,(H,21,22). The van der Waals surface area contributed by atoms with Crippen molar-refractivity contribution in [1.29, 1.82) is 0 Å². The fourth-order valence-corrected chi connectivity index (χ4v) is 2.82. The van der Waals surface area contributed by atoms with E-state index in [1.165, 1.54) is 0 Å². The largest absolute Gasteiger partial charge is 0.451 e. The van der Waals surface area contributed by atoms with Crippen LogP contribution in [0.25, 0.3) is 11.3 Å². The van der Waals surface area contributed by atoms with Gasteiger partial charge in [0.1, 0.15) is 5.76 Å². The maximum Gasteiger partial charge on any atom is 0.291 e. The van der Waals surface area contributed by atoms with Crippen LogP contribution in [0.1, 0.15) is 10.6 Å². The fourth-order valence-electron chi connectivity index (χ4n) is 2.05. The van der Waals surface area contributed by atoms with Crippen molar-refractivity contribution in [2.75, 3.05) is 5.32 Å². The fraction of sp³-hybridized carbons (Fsp3) is 0. The molecule has 0 unspecified atom stereocenters. The van der Waals surface area contributed by atoms with Gasteiger partial charge in [0, 0.05) is 10.0 Å². The highest BCUT2D eigenvalue weighted by Gasteiger charge is 2.15. The monoisotopic (exact) mass is 409 g/mol. The summed E-state index contributed by atoms with van der Waals surface area (Å²) in [5.41, 5.74) is 1.30. The molecule has 6 heteroatoms. The van der Waals surface area contributed by atoms with E-state index >= 15 is 0 Å². The lowest BCUT2D eigenvalue weighted by molar-refractivity contribution is 0.0997. The average molecular weight is 411 g/mol. The lowest BCUT2D eigenvalue weighted by Gasteiger charge is -2.05. The minimum atomic E-state index is -0.346. The number of rotatable bonds is 3. The molecular formula is C17H10BrCl2NO2. The van der Waals surface area contributed by atoms with Crippen LogP contribution in [-0.2, 0) is 0 Å². The Balaban J connectivity index is 1.86. The van der Waals surface area contributed by atoms with Crippen LogP contribution in [0.15, 0.2) is 63.5 Å². The van der Waals surface area contributed by atoms with Crippen LogP contribution in [0.5, 0.6) is 0 Å². The van der Waals surface area contributed by atoms with Crippen LogP contribution in [0.2, 0.25) is 10.0 Å². The molecular weight excluding hydrogens is 401 g/mol. The Bertz CT molecular complexity index is 877. The number of carbonyl (C=O) groups is 1. The summed E-state index contributed by atoms with van der Waals surface area (Å²) < 4.78 is 6.40. The number of furan rings is 1. The molecule has 1 N–H and O–H groups in total. The Morgan fingerprint density at radius 3 is 2.57 bits per heavy atom. The molecule has 0 saturated heterocycles. The Hall–Kier alpha value is -1.75. The molecule has 1 aromatic heterocycles. The molecule has 0 spiro atoms. The van der Waals surface area contributed by atoms with Gasteiger partial charge in [-0.1, -0.05) is 41.4 Å². The number of halogens is 3. The molecule has 1 heterocycles. The molecule has 116 valence electrons. The van der Waals surface area contributed by atoms with Gasteiger partial charge >= 0.3 is 0 Å². The first kappa shape index (κ1) is 16.1. The van der Waals surface area contributed by atoms with E-state index in [0.29, 0.717) is 27.1 Å². The van der Waals surface area contributed by atoms with E-state index in [1.807, 2.05) is 18.2 Å². The van der Waals surface area contributed by atoms with Crippen LogP contribution in [-0.4, -0.2) is 5.91 Å². The lowest BCUT2D eigenvalue weighted by atomic mass is 10.2. The summed E-state index contributed by atoms with van der Waals surface area (Å²) in [5, 5.41) is 3.60. The highest BCUT2D eigenvalue weighted by atomic mass is 79.9. The van der Waals surface area contributed by atoms with E-state index in [9.17, 15) is 4.79 Å². The minimum absolute atomic E-state index is 0.187. The Morgan fingerprint density at radius 2 is 1.78 bits per heavy atom. The van der Waals surface area contributed by atoms with Gasteiger partial charge in [-0.05, 0) is 52.3 Å².